The van der Waals surface area contributed by atoms with Crippen molar-refractivity contribution in [1.29, 1.82) is 0 Å². The summed E-state index contributed by atoms with van der Waals surface area (Å²) in [7, 11) is 0. The van der Waals surface area contributed by atoms with Gasteiger partial charge in [-0.1, -0.05) is 6.92 Å². The number of ketones is 1. The summed E-state index contributed by atoms with van der Waals surface area (Å²) in [5, 5.41) is 13.8. The standard InChI is InChI=1S/C22H23N3O7/c1-13(21(29)25-18(22(30)31)10-19(23)27)11-32-17-8-4-15(5-9-17)20(28)14-2-6-16(7-3-14)24-12-26/h2-9,12-13,18H,10-11H2,1H3,(H2,23,27)(H,24,26)(H,25,29)(H,30,31). The largest absolute Gasteiger partial charge is 0.493 e. The molecule has 5 N–H and O–H groups in total. The van der Waals surface area contributed by atoms with Gasteiger partial charge in [0.05, 0.1) is 18.9 Å². The lowest BCUT2D eigenvalue weighted by Crippen LogP contribution is -2.46. The zero-order valence-electron chi connectivity index (χ0n) is 17.2. The van der Waals surface area contributed by atoms with Gasteiger partial charge in [-0.05, 0) is 48.5 Å². The summed E-state index contributed by atoms with van der Waals surface area (Å²) in [5.74, 6) is -3.30. The minimum Gasteiger partial charge on any atom is -0.493 e. The van der Waals surface area contributed by atoms with E-state index in [9.17, 15) is 24.0 Å². The summed E-state index contributed by atoms with van der Waals surface area (Å²) in [6, 6.07) is 11.3. The highest BCUT2D eigenvalue weighted by molar-refractivity contribution is 6.09. The molecule has 0 aliphatic carbocycles. The molecule has 0 aromatic heterocycles. The van der Waals surface area contributed by atoms with Crippen molar-refractivity contribution in [3.8, 4) is 5.75 Å². The fourth-order valence-corrected chi connectivity index (χ4v) is 2.67. The maximum absolute atomic E-state index is 12.6. The molecule has 2 atom stereocenters. The highest BCUT2D eigenvalue weighted by atomic mass is 16.5. The van der Waals surface area contributed by atoms with Gasteiger partial charge in [0.1, 0.15) is 11.8 Å². The van der Waals surface area contributed by atoms with Crippen LogP contribution in [0.4, 0.5) is 5.69 Å². The van der Waals surface area contributed by atoms with Gasteiger partial charge in [-0.3, -0.25) is 19.2 Å². The number of carboxylic acids is 1. The Hall–Kier alpha value is -4.21. The second-order valence-corrected chi connectivity index (χ2v) is 6.97. The van der Waals surface area contributed by atoms with Crippen LogP contribution in [0.5, 0.6) is 5.75 Å². The van der Waals surface area contributed by atoms with Crippen molar-refractivity contribution in [2.75, 3.05) is 11.9 Å². The lowest BCUT2D eigenvalue weighted by Gasteiger charge is -2.17. The third kappa shape index (κ3) is 6.94. The Morgan fingerprint density at radius 3 is 2.09 bits per heavy atom. The number of hydrogen-bond acceptors (Lipinski definition) is 6. The summed E-state index contributed by atoms with van der Waals surface area (Å²) in [5.41, 5.74) is 6.44. The van der Waals surface area contributed by atoms with E-state index in [1.165, 1.54) is 0 Å². The SMILES string of the molecule is CC(COc1ccc(C(=O)c2ccc(NC=O)cc2)cc1)C(=O)NC(CC(N)=O)C(=O)O. The first-order valence-corrected chi connectivity index (χ1v) is 9.60. The van der Waals surface area contributed by atoms with Gasteiger partial charge < -0.3 is 26.2 Å². The van der Waals surface area contributed by atoms with Gasteiger partial charge in [0.25, 0.3) is 0 Å². The molecule has 0 bridgehead atoms. The van der Waals surface area contributed by atoms with Crippen LogP contribution in [-0.4, -0.2) is 47.7 Å². The molecule has 2 rings (SSSR count). The molecule has 3 amide bonds. The first kappa shape index (κ1) is 24.1. The number of nitrogens with one attached hydrogen (secondary N) is 2. The van der Waals surface area contributed by atoms with Crippen molar-refractivity contribution in [1.82, 2.24) is 5.32 Å². The zero-order valence-corrected chi connectivity index (χ0v) is 17.2. The van der Waals surface area contributed by atoms with Crippen molar-refractivity contribution < 1.29 is 33.8 Å². The normalized spacial score (nSPS) is 12.2. The van der Waals surface area contributed by atoms with Gasteiger partial charge in [-0.15, -0.1) is 0 Å². The zero-order chi connectivity index (χ0) is 23.7. The molecule has 0 aliphatic rings. The average molecular weight is 441 g/mol. The van der Waals surface area contributed by atoms with Crippen molar-refractivity contribution in [3.63, 3.8) is 0 Å². The molecule has 0 radical (unpaired) electrons. The van der Waals surface area contributed by atoms with Crippen LogP contribution in [0, 0.1) is 5.92 Å². The Labute approximate surface area is 183 Å². The van der Waals surface area contributed by atoms with Crippen LogP contribution in [0.1, 0.15) is 29.3 Å². The number of carbonyl (C=O) groups excluding carboxylic acids is 4. The van der Waals surface area contributed by atoms with E-state index >= 15 is 0 Å². The van der Waals surface area contributed by atoms with Crippen molar-refractivity contribution in [2.45, 2.75) is 19.4 Å². The number of hydrogen-bond donors (Lipinski definition) is 4. The van der Waals surface area contributed by atoms with Gasteiger partial charge in [0.15, 0.2) is 5.78 Å². The molecule has 32 heavy (non-hydrogen) atoms. The Bertz CT molecular complexity index is 988. The molecule has 2 aromatic rings. The van der Waals surface area contributed by atoms with Crippen molar-refractivity contribution in [3.05, 3.63) is 59.7 Å². The molecule has 0 heterocycles. The Morgan fingerprint density at radius 2 is 1.59 bits per heavy atom. The number of carbonyl (C=O) groups is 5. The molecular formula is C22H23N3O7. The summed E-state index contributed by atoms with van der Waals surface area (Å²) in [6.45, 7) is 1.49. The van der Waals surface area contributed by atoms with E-state index < -0.39 is 36.2 Å². The minimum absolute atomic E-state index is 0.0484. The molecule has 168 valence electrons. The van der Waals surface area contributed by atoms with Gasteiger partial charge >= 0.3 is 5.97 Å². The Kier molecular flexibility index (Phi) is 8.46. The average Bonchev–Trinajstić information content (AvgIpc) is 2.77. The van der Waals surface area contributed by atoms with Gasteiger partial charge in [0.2, 0.25) is 18.2 Å². The van der Waals surface area contributed by atoms with E-state index in [4.69, 9.17) is 15.6 Å². The molecule has 10 nitrogen and oxygen atoms in total. The topological polar surface area (TPSA) is 165 Å². The second-order valence-electron chi connectivity index (χ2n) is 6.97. The number of anilines is 1. The third-order valence-electron chi connectivity index (χ3n) is 4.46. The fraction of sp³-hybridized carbons (Fsp3) is 0.227. The summed E-state index contributed by atoms with van der Waals surface area (Å²) < 4.78 is 5.54. The number of amides is 3. The monoisotopic (exact) mass is 441 g/mol. The molecule has 0 saturated carbocycles. The maximum Gasteiger partial charge on any atom is 0.326 e. The fourth-order valence-electron chi connectivity index (χ4n) is 2.67. The maximum atomic E-state index is 12.6. The lowest BCUT2D eigenvalue weighted by atomic mass is 10.0. The highest BCUT2D eigenvalue weighted by Crippen LogP contribution is 2.18. The molecule has 0 aliphatic heterocycles. The van der Waals surface area contributed by atoms with Crippen molar-refractivity contribution in [2.24, 2.45) is 11.7 Å². The smallest absolute Gasteiger partial charge is 0.326 e. The molecule has 0 spiro atoms. The first-order valence-electron chi connectivity index (χ1n) is 9.60. The summed E-state index contributed by atoms with van der Waals surface area (Å²) >= 11 is 0. The van der Waals surface area contributed by atoms with Crippen LogP contribution in [0.15, 0.2) is 48.5 Å². The third-order valence-corrected chi connectivity index (χ3v) is 4.46. The number of rotatable bonds is 12. The highest BCUT2D eigenvalue weighted by Gasteiger charge is 2.25. The van der Waals surface area contributed by atoms with E-state index in [2.05, 4.69) is 10.6 Å². The number of primary amides is 1. The number of aliphatic carboxylic acids is 1. The summed E-state index contributed by atoms with van der Waals surface area (Å²) in [4.78, 5) is 57.2. The number of nitrogens with two attached hydrogens (primary N) is 1. The molecule has 0 fully saturated rings. The van der Waals surface area contributed by atoms with E-state index in [-0.39, 0.29) is 12.4 Å². The quantitative estimate of drug-likeness (QED) is 0.281. The molecule has 0 saturated heterocycles. The van der Waals surface area contributed by atoms with Crippen molar-refractivity contribution >= 4 is 35.7 Å². The molecule has 2 aromatic carbocycles. The van der Waals surface area contributed by atoms with E-state index in [1.54, 1.807) is 55.5 Å². The van der Waals surface area contributed by atoms with Crippen LogP contribution in [0.2, 0.25) is 0 Å². The predicted octanol–water partition coefficient (Wildman–Crippen LogP) is 0.946. The Morgan fingerprint density at radius 1 is 1.03 bits per heavy atom. The van der Waals surface area contributed by atoms with E-state index in [1.807, 2.05) is 0 Å². The lowest BCUT2D eigenvalue weighted by molar-refractivity contribution is -0.144. The van der Waals surface area contributed by atoms with Crippen LogP contribution in [0.3, 0.4) is 0 Å². The Balaban J connectivity index is 1.92. The van der Waals surface area contributed by atoms with Gasteiger partial charge in [-0.2, -0.15) is 0 Å². The predicted molar refractivity (Wildman–Crippen MR) is 114 cm³/mol. The number of ether oxygens (including phenoxy) is 1. The molecule has 10 heteroatoms. The van der Waals surface area contributed by atoms with Crippen LogP contribution in [0.25, 0.3) is 0 Å². The summed E-state index contributed by atoms with van der Waals surface area (Å²) in [6.07, 6.45) is 0.0338. The number of benzene rings is 2. The molecule has 2 unspecified atom stereocenters. The van der Waals surface area contributed by atoms with E-state index in [0.29, 0.717) is 29.0 Å². The second kappa shape index (κ2) is 11.3. The number of carboxylic acid groups (broad SMARTS) is 1. The van der Waals surface area contributed by atoms with Crippen LogP contribution in [-0.2, 0) is 19.2 Å². The van der Waals surface area contributed by atoms with Crippen LogP contribution >= 0.6 is 0 Å². The van der Waals surface area contributed by atoms with Gasteiger partial charge in [0, 0.05) is 16.8 Å². The van der Waals surface area contributed by atoms with Crippen LogP contribution < -0.4 is 21.1 Å². The first-order chi connectivity index (χ1) is 15.2. The van der Waals surface area contributed by atoms with E-state index in [0.717, 1.165) is 0 Å². The molecular weight excluding hydrogens is 418 g/mol. The minimum atomic E-state index is -1.41. The van der Waals surface area contributed by atoms with Gasteiger partial charge in [-0.25, -0.2) is 4.79 Å².